The van der Waals surface area contributed by atoms with Crippen molar-refractivity contribution in [3.63, 3.8) is 0 Å². The molecule has 1 aromatic carbocycles. The lowest BCUT2D eigenvalue weighted by molar-refractivity contribution is -0.124. The summed E-state index contributed by atoms with van der Waals surface area (Å²) in [4.78, 5) is 23.7. The third kappa shape index (κ3) is 3.12. The predicted molar refractivity (Wildman–Crippen MR) is 70.1 cm³/mol. The molecule has 0 aliphatic carbocycles. The van der Waals surface area contributed by atoms with Crippen molar-refractivity contribution in [3.05, 3.63) is 29.3 Å². The SMILES string of the molecule is COC(=O)c1cc(C)ccc1NC(=O)[C@H]1CCCO1. The van der Waals surface area contributed by atoms with E-state index in [0.29, 0.717) is 24.3 Å². The fourth-order valence-electron chi connectivity index (χ4n) is 2.04. The molecule has 1 aliphatic heterocycles. The van der Waals surface area contributed by atoms with Crippen molar-refractivity contribution in [1.82, 2.24) is 0 Å². The molecule has 0 unspecified atom stereocenters. The zero-order valence-electron chi connectivity index (χ0n) is 11.1. The summed E-state index contributed by atoms with van der Waals surface area (Å²) < 4.78 is 10.0. The normalized spacial score (nSPS) is 18.1. The summed E-state index contributed by atoms with van der Waals surface area (Å²) in [7, 11) is 1.32. The van der Waals surface area contributed by atoms with Crippen LogP contribution < -0.4 is 5.32 Å². The number of ether oxygens (including phenoxy) is 2. The van der Waals surface area contributed by atoms with Crippen LogP contribution in [0.3, 0.4) is 0 Å². The van der Waals surface area contributed by atoms with Crippen molar-refractivity contribution >= 4 is 17.6 Å². The van der Waals surface area contributed by atoms with E-state index in [1.54, 1.807) is 12.1 Å². The maximum absolute atomic E-state index is 12.0. The summed E-state index contributed by atoms with van der Waals surface area (Å²) >= 11 is 0. The van der Waals surface area contributed by atoms with Crippen LogP contribution in [0.15, 0.2) is 18.2 Å². The molecule has 0 radical (unpaired) electrons. The third-order valence-electron chi connectivity index (χ3n) is 3.06. The van der Waals surface area contributed by atoms with E-state index in [4.69, 9.17) is 9.47 Å². The van der Waals surface area contributed by atoms with Gasteiger partial charge in [0, 0.05) is 6.61 Å². The number of nitrogens with one attached hydrogen (secondary N) is 1. The minimum absolute atomic E-state index is 0.216. The Morgan fingerprint density at radius 1 is 1.42 bits per heavy atom. The highest BCUT2D eigenvalue weighted by Gasteiger charge is 2.25. The van der Waals surface area contributed by atoms with Gasteiger partial charge in [0.05, 0.1) is 18.4 Å². The predicted octanol–water partition coefficient (Wildman–Crippen LogP) is 1.90. The summed E-state index contributed by atoms with van der Waals surface area (Å²) in [6.45, 7) is 2.48. The molecule has 102 valence electrons. The van der Waals surface area contributed by atoms with E-state index in [1.807, 2.05) is 13.0 Å². The van der Waals surface area contributed by atoms with E-state index >= 15 is 0 Å². The van der Waals surface area contributed by atoms with Crippen LogP contribution in [0.5, 0.6) is 0 Å². The van der Waals surface area contributed by atoms with Gasteiger partial charge in [-0.05, 0) is 31.9 Å². The van der Waals surface area contributed by atoms with Gasteiger partial charge in [0.2, 0.25) is 0 Å². The summed E-state index contributed by atoms with van der Waals surface area (Å²) in [5.41, 5.74) is 1.74. The van der Waals surface area contributed by atoms with Crippen molar-refractivity contribution in [3.8, 4) is 0 Å². The average molecular weight is 263 g/mol. The Kier molecular flexibility index (Phi) is 4.16. The molecule has 1 atom stereocenters. The molecule has 1 heterocycles. The van der Waals surface area contributed by atoms with Gasteiger partial charge >= 0.3 is 5.97 Å². The smallest absolute Gasteiger partial charge is 0.339 e. The molecule has 5 heteroatoms. The van der Waals surface area contributed by atoms with Gasteiger partial charge in [0.25, 0.3) is 5.91 Å². The summed E-state index contributed by atoms with van der Waals surface area (Å²) in [5, 5.41) is 2.73. The van der Waals surface area contributed by atoms with E-state index < -0.39 is 12.1 Å². The molecule has 2 rings (SSSR count). The number of carbonyl (C=O) groups is 2. The lowest BCUT2D eigenvalue weighted by Crippen LogP contribution is -2.27. The molecule has 1 N–H and O–H groups in total. The molecule has 0 bridgehead atoms. The zero-order chi connectivity index (χ0) is 13.8. The number of anilines is 1. The monoisotopic (exact) mass is 263 g/mol. The Hall–Kier alpha value is -1.88. The van der Waals surface area contributed by atoms with E-state index in [2.05, 4.69) is 5.32 Å². The van der Waals surface area contributed by atoms with E-state index in [-0.39, 0.29) is 5.91 Å². The largest absolute Gasteiger partial charge is 0.465 e. The highest BCUT2D eigenvalue weighted by Crippen LogP contribution is 2.20. The summed E-state index contributed by atoms with van der Waals surface area (Å²) in [6.07, 6.45) is 1.17. The molecule has 0 spiro atoms. The van der Waals surface area contributed by atoms with Gasteiger partial charge in [-0.3, -0.25) is 4.79 Å². The fourth-order valence-corrected chi connectivity index (χ4v) is 2.04. The highest BCUT2D eigenvalue weighted by molar-refractivity contribution is 6.02. The first-order valence-electron chi connectivity index (χ1n) is 6.23. The van der Waals surface area contributed by atoms with Gasteiger partial charge in [-0.2, -0.15) is 0 Å². The second-order valence-corrected chi connectivity index (χ2v) is 4.53. The number of benzene rings is 1. The second-order valence-electron chi connectivity index (χ2n) is 4.53. The van der Waals surface area contributed by atoms with Crippen LogP contribution >= 0.6 is 0 Å². The number of amides is 1. The number of hydrogen-bond acceptors (Lipinski definition) is 4. The van der Waals surface area contributed by atoms with Gasteiger partial charge in [-0.25, -0.2) is 4.79 Å². The topological polar surface area (TPSA) is 64.6 Å². The van der Waals surface area contributed by atoms with E-state index in [0.717, 1.165) is 12.0 Å². The molecule has 1 saturated heterocycles. The summed E-state index contributed by atoms with van der Waals surface area (Å²) in [5.74, 6) is -0.683. The quantitative estimate of drug-likeness (QED) is 0.846. The Labute approximate surface area is 111 Å². The van der Waals surface area contributed by atoms with Gasteiger partial charge in [-0.15, -0.1) is 0 Å². The Morgan fingerprint density at radius 2 is 2.21 bits per heavy atom. The molecule has 1 aliphatic rings. The Morgan fingerprint density at radius 3 is 2.84 bits per heavy atom. The van der Waals surface area contributed by atoms with Crippen LogP contribution in [-0.2, 0) is 14.3 Å². The highest BCUT2D eigenvalue weighted by atomic mass is 16.5. The first-order chi connectivity index (χ1) is 9.11. The number of aryl methyl sites for hydroxylation is 1. The standard InChI is InChI=1S/C14H17NO4/c1-9-5-6-11(10(8-9)14(17)18-2)15-13(16)12-4-3-7-19-12/h5-6,8,12H,3-4,7H2,1-2H3,(H,15,16)/t12-/m1/s1. The van der Waals surface area contributed by atoms with Gasteiger partial charge in [0.15, 0.2) is 0 Å². The number of hydrogen-bond donors (Lipinski definition) is 1. The zero-order valence-corrected chi connectivity index (χ0v) is 11.1. The van der Waals surface area contributed by atoms with Gasteiger partial charge in [-0.1, -0.05) is 11.6 Å². The molecule has 0 aromatic heterocycles. The molecule has 1 fully saturated rings. The lowest BCUT2D eigenvalue weighted by atomic mass is 10.1. The molecule has 5 nitrogen and oxygen atoms in total. The number of rotatable bonds is 3. The third-order valence-corrected chi connectivity index (χ3v) is 3.06. The molecule has 19 heavy (non-hydrogen) atoms. The minimum Gasteiger partial charge on any atom is -0.465 e. The van der Waals surface area contributed by atoms with Crippen LogP contribution in [0.2, 0.25) is 0 Å². The fraction of sp³-hybridized carbons (Fsp3) is 0.429. The van der Waals surface area contributed by atoms with Gasteiger partial charge < -0.3 is 14.8 Å². The maximum atomic E-state index is 12.0. The van der Waals surface area contributed by atoms with Crippen molar-refractivity contribution < 1.29 is 19.1 Å². The van der Waals surface area contributed by atoms with Crippen LogP contribution in [-0.4, -0.2) is 31.7 Å². The van der Waals surface area contributed by atoms with Gasteiger partial charge in [0.1, 0.15) is 6.10 Å². The molecule has 0 saturated carbocycles. The van der Waals surface area contributed by atoms with Crippen molar-refractivity contribution in [2.24, 2.45) is 0 Å². The van der Waals surface area contributed by atoms with Crippen molar-refractivity contribution in [2.75, 3.05) is 19.0 Å². The molecular weight excluding hydrogens is 246 g/mol. The number of methoxy groups -OCH3 is 1. The molecular formula is C14H17NO4. The Bertz CT molecular complexity index is 492. The number of esters is 1. The Balaban J connectivity index is 2.19. The lowest BCUT2D eigenvalue weighted by Gasteiger charge is -2.13. The van der Waals surface area contributed by atoms with Crippen molar-refractivity contribution in [2.45, 2.75) is 25.9 Å². The minimum atomic E-state index is -0.466. The van der Waals surface area contributed by atoms with Crippen LogP contribution in [0.4, 0.5) is 5.69 Å². The average Bonchev–Trinajstić information content (AvgIpc) is 2.94. The van der Waals surface area contributed by atoms with Crippen LogP contribution in [0, 0.1) is 6.92 Å². The van der Waals surface area contributed by atoms with Crippen LogP contribution in [0.1, 0.15) is 28.8 Å². The first kappa shape index (κ1) is 13.5. The first-order valence-corrected chi connectivity index (χ1v) is 6.23. The van der Waals surface area contributed by atoms with E-state index in [9.17, 15) is 9.59 Å². The maximum Gasteiger partial charge on any atom is 0.339 e. The number of carbonyl (C=O) groups excluding carboxylic acids is 2. The second kappa shape index (κ2) is 5.84. The van der Waals surface area contributed by atoms with Crippen LogP contribution in [0.25, 0.3) is 0 Å². The molecule has 1 amide bonds. The molecule has 1 aromatic rings. The van der Waals surface area contributed by atoms with Crippen molar-refractivity contribution in [1.29, 1.82) is 0 Å². The summed E-state index contributed by atoms with van der Waals surface area (Å²) in [6, 6.07) is 5.23. The van der Waals surface area contributed by atoms with E-state index in [1.165, 1.54) is 7.11 Å².